The van der Waals surface area contributed by atoms with Crippen LogP contribution in [0.15, 0.2) is 40.3 Å². The van der Waals surface area contributed by atoms with E-state index in [9.17, 15) is 24.6 Å². The Morgan fingerprint density at radius 2 is 2.04 bits per heavy atom. The number of aliphatic carboxylic acids is 1. The molecule has 2 aliphatic rings. The number of hydrogen-bond acceptors (Lipinski definition) is 6. The van der Waals surface area contributed by atoms with Gasteiger partial charge >= 0.3 is 5.97 Å². The van der Waals surface area contributed by atoms with Crippen LogP contribution in [0.1, 0.15) is 26.2 Å². The van der Waals surface area contributed by atoms with Crippen LogP contribution in [-0.2, 0) is 14.4 Å². The summed E-state index contributed by atoms with van der Waals surface area (Å²) in [6, 6.07) is 9.19. The Labute approximate surface area is 171 Å². The second-order valence-corrected chi connectivity index (χ2v) is 9.02. The van der Waals surface area contributed by atoms with Gasteiger partial charge in [-0.2, -0.15) is 0 Å². The number of carbonyl (C=O) groups is 3. The molecule has 1 aromatic rings. The molecule has 3 rings (SSSR count). The van der Waals surface area contributed by atoms with Crippen LogP contribution in [0.25, 0.3) is 0 Å². The van der Waals surface area contributed by atoms with Crippen LogP contribution in [-0.4, -0.2) is 50.1 Å². The number of rotatable bonds is 9. The van der Waals surface area contributed by atoms with Gasteiger partial charge in [-0.3, -0.25) is 14.5 Å². The van der Waals surface area contributed by atoms with Gasteiger partial charge in [0.1, 0.15) is 5.37 Å². The number of anilines is 1. The fourth-order valence-electron chi connectivity index (χ4n) is 3.16. The summed E-state index contributed by atoms with van der Waals surface area (Å²) in [5.74, 6) is -1.56. The number of para-hydroxylation sites is 1. The van der Waals surface area contributed by atoms with Gasteiger partial charge in [-0.05, 0) is 30.7 Å². The van der Waals surface area contributed by atoms with Crippen molar-refractivity contribution in [2.24, 2.45) is 5.92 Å². The van der Waals surface area contributed by atoms with Crippen LogP contribution < -0.4 is 5.32 Å². The molecule has 150 valence electrons. The zero-order valence-corrected chi connectivity index (χ0v) is 17.0. The van der Waals surface area contributed by atoms with Gasteiger partial charge in [0.25, 0.3) is 0 Å². The van der Waals surface area contributed by atoms with Gasteiger partial charge in [0.05, 0.1) is 16.3 Å². The second-order valence-electron chi connectivity index (χ2n) is 6.53. The first-order valence-corrected chi connectivity index (χ1v) is 10.9. The summed E-state index contributed by atoms with van der Waals surface area (Å²) in [5, 5.41) is 22.0. The number of fused-ring (bicyclic) bond motifs is 1. The number of benzene rings is 1. The van der Waals surface area contributed by atoms with Crippen molar-refractivity contribution >= 4 is 47.0 Å². The summed E-state index contributed by atoms with van der Waals surface area (Å²) >= 11 is 2.67. The van der Waals surface area contributed by atoms with Crippen molar-refractivity contribution in [2.75, 3.05) is 11.1 Å². The lowest BCUT2D eigenvalue weighted by molar-refractivity contribution is -0.157. The molecular formula is C19H22N2O5S2. The number of carbonyl (C=O) groups excluding carboxylic acids is 2. The highest BCUT2D eigenvalue weighted by Gasteiger charge is 2.58. The summed E-state index contributed by atoms with van der Waals surface area (Å²) in [6.45, 7) is 1.79. The molecule has 3 N–H and O–H groups in total. The molecular weight excluding hydrogens is 400 g/mol. The van der Waals surface area contributed by atoms with Crippen molar-refractivity contribution in [1.82, 2.24) is 4.90 Å². The molecule has 0 bridgehead atoms. The van der Waals surface area contributed by atoms with E-state index in [2.05, 4.69) is 5.32 Å². The molecule has 1 saturated heterocycles. The van der Waals surface area contributed by atoms with Crippen LogP contribution >= 0.6 is 23.5 Å². The van der Waals surface area contributed by atoms with Gasteiger partial charge in [0, 0.05) is 12.1 Å². The average Bonchev–Trinajstić information content (AvgIpc) is 3.00. The molecule has 9 heteroatoms. The van der Waals surface area contributed by atoms with Crippen LogP contribution in [0.4, 0.5) is 5.69 Å². The molecule has 0 saturated carbocycles. The monoisotopic (exact) mass is 422 g/mol. The normalized spacial score (nSPS) is 21.9. The molecule has 3 atom stereocenters. The lowest BCUT2D eigenvalue weighted by atomic mass is 9.90. The van der Waals surface area contributed by atoms with Crippen LogP contribution in [0.2, 0.25) is 0 Å². The largest absolute Gasteiger partial charge is 0.477 e. The van der Waals surface area contributed by atoms with Crippen molar-refractivity contribution in [3.05, 3.63) is 40.3 Å². The number of β-lactam (4-membered cyclic amide) rings is 1. The lowest BCUT2D eigenvalue weighted by Gasteiger charge is -2.44. The topological polar surface area (TPSA) is 107 Å². The predicted molar refractivity (Wildman–Crippen MR) is 109 cm³/mol. The molecule has 0 aliphatic carbocycles. The van der Waals surface area contributed by atoms with E-state index >= 15 is 0 Å². The maximum absolute atomic E-state index is 12.3. The van der Waals surface area contributed by atoms with Crippen molar-refractivity contribution in [1.29, 1.82) is 0 Å². The van der Waals surface area contributed by atoms with Gasteiger partial charge in [-0.25, -0.2) is 4.79 Å². The van der Waals surface area contributed by atoms with E-state index in [1.54, 1.807) is 6.92 Å². The number of aliphatic hydroxyl groups is 1. The minimum absolute atomic E-state index is 0.00158. The van der Waals surface area contributed by atoms with Crippen LogP contribution in [0.5, 0.6) is 0 Å². The van der Waals surface area contributed by atoms with E-state index in [0.29, 0.717) is 29.3 Å². The number of carboxylic acids is 1. The van der Waals surface area contributed by atoms with E-state index in [0.717, 1.165) is 5.69 Å². The molecule has 28 heavy (non-hydrogen) atoms. The first kappa shape index (κ1) is 20.8. The smallest absolute Gasteiger partial charge is 0.354 e. The summed E-state index contributed by atoms with van der Waals surface area (Å²) in [4.78, 5) is 37.2. The van der Waals surface area contributed by atoms with E-state index in [4.69, 9.17) is 0 Å². The highest BCUT2D eigenvalue weighted by atomic mass is 32.2. The standard InChI is InChI=1S/C19H22N2O5S2/c1-2-12(22)14-16(24)21-15(18(25)26)19(28-17(14)21)27-10-6-9-13(23)20-11-7-4-3-5-8-11/h3-5,7-8,12,14,17,22H,2,6,9-10H2,1H3,(H,20,23)(H,25,26). The Hall–Kier alpha value is -1.97. The fourth-order valence-corrected chi connectivity index (χ4v) is 6.05. The average molecular weight is 423 g/mol. The Morgan fingerprint density at radius 3 is 2.68 bits per heavy atom. The molecule has 0 spiro atoms. The summed E-state index contributed by atoms with van der Waals surface area (Å²) < 4.78 is 0.570. The highest BCUT2D eigenvalue weighted by molar-refractivity contribution is 8.22. The maximum Gasteiger partial charge on any atom is 0.354 e. The minimum atomic E-state index is -1.14. The molecule has 2 amide bonds. The Balaban J connectivity index is 1.52. The molecule has 7 nitrogen and oxygen atoms in total. The third kappa shape index (κ3) is 4.21. The zero-order chi connectivity index (χ0) is 20.3. The van der Waals surface area contributed by atoms with Crippen LogP contribution in [0, 0.1) is 5.92 Å². The third-order valence-corrected chi connectivity index (χ3v) is 7.36. The molecule has 1 aromatic carbocycles. The SMILES string of the molecule is CCC(O)C1C(=O)N2C(C(=O)O)=C(SCCCC(=O)Nc3ccccc3)SC12. The number of hydrogen-bond donors (Lipinski definition) is 3. The summed E-state index contributed by atoms with van der Waals surface area (Å²) in [6.07, 6.45) is 0.594. The minimum Gasteiger partial charge on any atom is -0.477 e. The number of carboxylic acid groups (broad SMARTS) is 1. The van der Waals surface area contributed by atoms with Crippen molar-refractivity contribution in [3.8, 4) is 0 Å². The Morgan fingerprint density at radius 1 is 1.32 bits per heavy atom. The first-order chi connectivity index (χ1) is 13.4. The van der Waals surface area contributed by atoms with E-state index < -0.39 is 18.0 Å². The molecule has 1 fully saturated rings. The molecule has 3 unspecified atom stereocenters. The predicted octanol–water partition coefficient (Wildman–Crippen LogP) is 2.69. The van der Waals surface area contributed by atoms with Gasteiger partial charge in [-0.1, -0.05) is 36.9 Å². The van der Waals surface area contributed by atoms with Crippen LogP contribution in [0.3, 0.4) is 0 Å². The zero-order valence-electron chi connectivity index (χ0n) is 15.3. The highest BCUT2D eigenvalue weighted by Crippen LogP contribution is 2.54. The maximum atomic E-state index is 12.3. The third-order valence-electron chi connectivity index (χ3n) is 4.62. The van der Waals surface area contributed by atoms with E-state index in [1.807, 2.05) is 30.3 Å². The summed E-state index contributed by atoms with van der Waals surface area (Å²) in [7, 11) is 0. The fraction of sp³-hybridized carbons (Fsp3) is 0.421. The van der Waals surface area contributed by atoms with Gasteiger partial charge in [-0.15, -0.1) is 11.8 Å². The van der Waals surface area contributed by atoms with Gasteiger partial charge < -0.3 is 15.5 Å². The molecule has 2 heterocycles. The van der Waals surface area contributed by atoms with Gasteiger partial charge in [0.15, 0.2) is 5.70 Å². The van der Waals surface area contributed by atoms with E-state index in [-0.39, 0.29) is 22.9 Å². The van der Waals surface area contributed by atoms with Crippen molar-refractivity contribution < 1.29 is 24.6 Å². The second kappa shape index (κ2) is 9.02. The molecule has 2 aliphatic heterocycles. The molecule has 0 radical (unpaired) electrons. The molecule has 0 aromatic heterocycles. The number of nitrogens with zero attached hydrogens (tertiary/aromatic N) is 1. The quantitative estimate of drug-likeness (QED) is 0.415. The van der Waals surface area contributed by atoms with Crippen molar-refractivity contribution in [3.63, 3.8) is 0 Å². The number of nitrogens with one attached hydrogen (secondary N) is 1. The van der Waals surface area contributed by atoms with Gasteiger partial charge in [0.2, 0.25) is 11.8 Å². The lowest BCUT2D eigenvalue weighted by Crippen LogP contribution is -2.61. The number of aliphatic hydroxyl groups excluding tert-OH is 1. The Kier molecular flexibility index (Phi) is 6.69. The number of thioether (sulfide) groups is 2. The van der Waals surface area contributed by atoms with Crippen molar-refractivity contribution in [2.45, 2.75) is 37.7 Å². The first-order valence-electron chi connectivity index (χ1n) is 9.07. The summed E-state index contributed by atoms with van der Waals surface area (Å²) in [5.41, 5.74) is 0.740. The number of amides is 2. The van der Waals surface area contributed by atoms with E-state index in [1.165, 1.54) is 28.4 Å². The Bertz CT molecular complexity index is 799.